The monoisotopic (exact) mass is 292 g/mol. The summed E-state index contributed by atoms with van der Waals surface area (Å²) in [6.45, 7) is 10.4. The highest BCUT2D eigenvalue weighted by molar-refractivity contribution is 7.99. The number of rotatable bonds is 5. The van der Waals surface area contributed by atoms with Gasteiger partial charge >= 0.3 is 0 Å². The molecule has 1 saturated heterocycles. The standard InChI is InChI=1S/C17H28N2S/c1-13(2)17-10-18-16(15-8-6-5-7-9-15)12-19(17)11-14(3)20-4/h5-9,13-14,16-18H,10-12H2,1-4H3. The minimum atomic E-state index is 0.472. The van der Waals surface area contributed by atoms with E-state index >= 15 is 0 Å². The summed E-state index contributed by atoms with van der Waals surface area (Å²) in [6.07, 6.45) is 2.21. The second-order valence-electron chi connectivity index (χ2n) is 6.18. The van der Waals surface area contributed by atoms with Gasteiger partial charge in [0.1, 0.15) is 0 Å². The molecule has 1 heterocycles. The molecule has 20 heavy (non-hydrogen) atoms. The Labute approximate surface area is 128 Å². The Hall–Kier alpha value is -0.510. The maximum absolute atomic E-state index is 3.74. The number of hydrogen-bond donors (Lipinski definition) is 1. The second-order valence-corrected chi connectivity index (χ2v) is 7.46. The van der Waals surface area contributed by atoms with Crippen LogP contribution in [0.4, 0.5) is 0 Å². The normalized spacial score (nSPS) is 25.9. The number of nitrogens with one attached hydrogen (secondary N) is 1. The Bertz CT molecular complexity index is 393. The van der Waals surface area contributed by atoms with Gasteiger partial charge in [0.05, 0.1) is 0 Å². The van der Waals surface area contributed by atoms with Crippen LogP contribution in [0.2, 0.25) is 0 Å². The van der Waals surface area contributed by atoms with E-state index in [1.54, 1.807) is 0 Å². The van der Waals surface area contributed by atoms with E-state index in [0.29, 0.717) is 23.3 Å². The lowest BCUT2D eigenvalue weighted by atomic mass is 9.95. The van der Waals surface area contributed by atoms with Crippen LogP contribution in [0.1, 0.15) is 32.4 Å². The first-order valence-corrected chi connectivity index (χ1v) is 8.95. The van der Waals surface area contributed by atoms with Gasteiger partial charge in [-0.25, -0.2) is 0 Å². The van der Waals surface area contributed by atoms with E-state index in [1.807, 2.05) is 11.8 Å². The molecule has 1 aliphatic heterocycles. The third-order valence-electron chi connectivity index (χ3n) is 4.32. The van der Waals surface area contributed by atoms with Gasteiger partial charge in [-0.3, -0.25) is 4.90 Å². The van der Waals surface area contributed by atoms with Crippen LogP contribution >= 0.6 is 11.8 Å². The van der Waals surface area contributed by atoms with Crippen molar-refractivity contribution in [2.45, 2.75) is 38.1 Å². The van der Waals surface area contributed by atoms with E-state index in [4.69, 9.17) is 0 Å². The summed E-state index contributed by atoms with van der Waals surface area (Å²) in [4.78, 5) is 2.69. The molecule has 0 saturated carbocycles. The van der Waals surface area contributed by atoms with Crippen molar-refractivity contribution >= 4 is 11.8 Å². The largest absolute Gasteiger partial charge is 0.307 e. The van der Waals surface area contributed by atoms with Gasteiger partial charge in [0.25, 0.3) is 0 Å². The first-order chi connectivity index (χ1) is 9.61. The van der Waals surface area contributed by atoms with E-state index in [-0.39, 0.29) is 0 Å². The molecule has 0 aromatic heterocycles. The number of nitrogens with zero attached hydrogens (tertiary/aromatic N) is 1. The predicted molar refractivity (Wildman–Crippen MR) is 90.4 cm³/mol. The third kappa shape index (κ3) is 4.00. The zero-order valence-corrected chi connectivity index (χ0v) is 14.0. The van der Waals surface area contributed by atoms with Crippen LogP contribution in [-0.4, -0.2) is 42.1 Å². The molecule has 0 bridgehead atoms. The Balaban J connectivity index is 2.07. The minimum absolute atomic E-state index is 0.472. The lowest BCUT2D eigenvalue weighted by Crippen LogP contribution is -2.56. The predicted octanol–water partition coefficient (Wildman–Crippen LogP) is 3.41. The molecule has 0 radical (unpaired) electrons. The van der Waals surface area contributed by atoms with E-state index < -0.39 is 0 Å². The Morgan fingerprint density at radius 2 is 1.95 bits per heavy atom. The fourth-order valence-corrected chi connectivity index (χ4v) is 3.35. The molecule has 1 N–H and O–H groups in total. The summed E-state index contributed by atoms with van der Waals surface area (Å²) in [5, 5.41) is 4.44. The molecule has 1 aromatic carbocycles. The summed E-state index contributed by atoms with van der Waals surface area (Å²) in [6, 6.07) is 12.0. The van der Waals surface area contributed by atoms with Gasteiger partial charge in [-0.2, -0.15) is 11.8 Å². The minimum Gasteiger partial charge on any atom is -0.307 e. The van der Waals surface area contributed by atoms with Crippen molar-refractivity contribution in [2.24, 2.45) is 5.92 Å². The van der Waals surface area contributed by atoms with Gasteiger partial charge in [0.15, 0.2) is 0 Å². The maximum Gasteiger partial charge on any atom is 0.0449 e. The van der Waals surface area contributed by atoms with Gasteiger partial charge in [-0.15, -0.1) is 0 Å². The Morgan fingerprint density at radius 1 is 1.25 bits per heavy atom. The average Bonchev–Trinajstić information content (AvgIpc) is 2.47. The van der Waals surface area contributed by atoms with Crippen molar-refractivity contribution in [1.82, 2.24) is 10.2 Å². The summed E-state index contributed by atoms with van der Waals surface area (Å²) in [7, 11) is 0. The van der Waals surface area contributed by atoms with Crippen LogP contribution in [0.15, 0.2) is 30.3 Å². The van der Waals surface area contributed by atoms with E-state index in [2.05, 4.69) is 67.6 Å². The van der Waals surface area contributed by atoms with Crippen LogP contribution in [-0.2, 0) is 0 Å². The molecule has 2 nitrogen and oxygen atoms in total. The summed E-state index contributed by atoms with van der Waals surface area (Å²) in [5.41, 5.74) is 1.41. The number of piperazine rings is 1. The molecule has 2 rings (SSSR count). The highest BCUT2D eigenvalue weighted by atomic mass is 32.2. The molecule has 3 heteroatoms. The Morgan fingerprint density at radius 3 is 2.55 bits per heavy atom. The van der Waals surface area contributed by atoms with Crippen LogP contribution in [0.5, 0.6) is 0 Å². The summed E-state index contributed by atoms with van der Waals surface area (Å²) >= 11 is 1.97. The maximum atomic E-state index is 3.74. The smallest absolute Gasteiger partial charge is 0.0449 e. The lowest BCUT2D eigenvalue weighted by molar-refractivity contribution is 0.100. The molecule has 1 aromatic rings. The van der Waals surface area contributed by atoms with Gasteiger partial charge < -0.3 is 5.32 Å². The lowest BCUT2D eigenvalue weighted by Gasteiger charge is -2.43. The fraction of sp³-hybridized carbons (Fsp3) is 0.647. The molecule has 112 valence electrons. The van der Waals surface area contributed by atoms with Gasteiger partial charge in [0.2, 0.25) is 0 Å². The van der Waals surface area contributed by atoms with E-state index in [0.717, 1.165) is 13.1 Å². The molecular weight excluding hydrogens is 264 g/mol. The quantitative estimate of drug-likeness (QED) is 0.895. The topological polar surface area (TPSA) is 15.3 Å². The van der Waals surface area contributed by atoms with Crippen molar-refractivity contribution in [2.75, 3.05) is 25.9 Å². The van der Waals surface area contributed by atoms with Crippen LogP contribution < -0.4 is 5.32 Å². The Kier molecular flexibility index (Phi) is 5.94. The van der Waals surface area contributed by atoms with E-state index in [9.17, 15) is 0 Å². The molecule has 0 aliphatic carbocycles. The highest BCUT2D eigenvalue weighted by Crippen LogP contribution is 2.24. The molecule has 3 atom stereocenters. The second kappa shape index (κ2) is 7.48. The number of hydrogen-bond acceptors (Lipinski definition) is 3. The van der Waals surface area contributed by atoms with Gasteiger partial charge in [-0.1, -0.05) is 51.1 Å². The van der Waals surface area contributed by atoms with Gasteiger partial charge in [-0.05, 0) is 17.7 Å². The van der Waals surface area contributed by atoms with Crippen LogP contribution in [0.25, 0.3) is 0 Å². The number of thioether (sulfide) groups is 1. The molecule has 0 spiro atoms. The summed E-state index contributed by atoms with van der Waals surface area (Å²) in [5.74, 6) is 0.702. The third-order valence-corrected chi connectivity index (χ3v) is 5.28. The fourth-order valence-electron chi connectivity index (χ4n) is 3.01. The van der Waals surface area contributed by atoms with Crippen LogP contribution in [0, 0.1) is 5.92 Å². The molecular formula is C17H28N2S. The van der Waals surface area contributed by atoms with Crippen molar-refractivity contribution in [3.05, 3.63) is 35.9 Å². The molecule has 1 aliphatic rings. The number of benzene rings is 1. The van der Waals surface area contributed by atoms with Crippen molar-refractivity contribution in [3.8, 4) is 0 Å². The van der Waals surface area contributed by atoms with E-state index in [1.165, 1.54) is 12.1 Å². The zero-order chi connectivity index (χ0) is 14.5. The first-order valence-electron chi connectivity index (χ1n) is 7.67. The van der Waals surface area contributed by atoms with Crippen molar-refractivity contribution in [1.29, 1.82) is 0 Å². The van der Waals surface area contributed by atoms with Gasteiger partial charge in [0, 0.05) is 37.0 Å². The molecule has 3 unspecified atom stereocenters. The average molecular weight is 292 g/mol. The molecule has 0 amide bonds. The zero-order valence-electron chi connectivity index (χ0n) is 13.2. The summed E-state index contributed by atoms with van der Waals surface area (Å²) < 4.78 is 0. The van der Waals surface area contributed by atoms with Crippen molar-refractivity contribution in [3.63, 3.8) is 0 Å². The van der Waals surface area contributed by atoms with Crippen LogP contribution in [0.3, 0.4) is 0 Å². The SMILES string of the molecule is CSC(C)CN1CC(c2ccccc2)NCC1C(C)C. The first kappa shape index (κ1) is 15.9. The van der Waals surface area contributed by atoms with Crippen molar-refractivity contribution < 1.29 is 0 Å². The molecule has 1 fully saturated rings. The highest BCUT2D eigenvalue weighted by Gasteiger charge is 2.30.